The van der Waals surface area contributed by atoms with Crippen LogP contribution in [0.4, 0.5) is 17.1 Å². The van der Waals surface area contributed by atoms with E-state index in [0.29, 0.717) is 28.8 Å². The normalized spacial score (nSPS) is 14.3. The Bertz CT molecular complexity index is 1180. The Morgan fingerprint density at radius 1 is 1.18 bits per heavy atom. The first-order valence-electron chi connectivity index (χ1n) is 11.0. The van der Waals surface area contributed by atoms with Gasteiger partial charge in [0.1, 0.15) is 23.8 Å². The maximum absolute atomic E-state index is 13.0. The number of furan rings is 1. The van der Waals surface area contributed by atoms with Crippen LogP contribution >= 0.6 is 0 Å². The molecule has 0 radical (unpaired) electrons. The molecular weight excluding hydrogens is 422 g/mol. The summed E-state index contributed by atoms with van der Waals surface area (Å²) in [5.41, 5.74) is 2.89. The first kappa shape index (κ1) is 22.5. The highest BCUT2D eigenvalue weighted by atomic mass is 16.6. The number of amides is 1. The number of carbonyl (C=O) groups is 1. The third kappa shape index (κ3) is 4.90. The van der Waals surface area contributed by atoms with Crippen LogP contribution in [-0.4, -0.2) is 29.0 Å². The number of benzene rings is 2. The molecule has 0 atom stereocenters. The number of hydrogen-bond donors (Lipinski definition) is 2. The predicted molar refractivity (Wildman–Crippen MR) is 126 cm³/mol. The van der Waals surface area contributed by atoms with Crippen molar-refractivity contribution in [2.45, 2.75) is 33.3 Å². The molecule has 1 saturated heterocycles. The zero-order valence-corrected chi connectivity index (χ0v) is 18.7. The second-order valence-corrected chi connectivity index (χ2v) is 8.54. The first-order valence-corrected chi connectivity index (χ1v) is 11.0. The van der Waals surface area contributed by atoms with Gasteiger partial charge in [0.25, 0.3) is 11.6 Å². The topological polar surface area (TPSA) is 109 Å². The van der Waals surface area contributed by atoms with Gasteiger partial charge < -0.3 is 19.7 Å². The number of hydrogen-bond acceptors (Lipinski definition) is 6. The number of aryl methyl sites for hydroxylation is 1. The average Bonchev–Trinajstić information content (AvgIpc) is 3.30. The van der Waals surface area contributed by atoms with E-state index < -0.39 is 10.8 Å². The number of rotatable bonds is 6. The zero-order chi connectivity index (χ0) is 23.5. The van der Waals surface area contributed by atoms with Gasteiger partial charge in [0.05, 0.1) is 4.92 Å². The number of nitrogens with zero attached hydrogens (tertiary/aromatic N) is 2. The number of nitrogens with one attached hydrogen (secondary N) is 1. The number of anilines is 2. The Kier molecular flexibility index (Phi) is 6.46. The Labute approximate surface area is 192 Å². The lowest BCUT2D eigenvalue weighted by molar-refractivity contribution is -0.384. The van der Waals surface area contributed by atoms with E-state index in [1.165, 1.54) is 6.07 Å². The van der Waals surface area contributed by atoms with Gasteiger partial charge in [-0.05, 0) is 61.6 Å². The molecule has 1 amide bonds. The van der Waals surface area contributed by atoms with Gasteiger partial charge in [0, 0.05) is 36.0 Å². The largest absolute Gasteiger partial charge is 0.459 e. The number of aliphatic hydroxyl groups is 1. The predicted octanol–water partition coefficient (Wildman–Crippen LogP) is 5.14. The van der Waals surface area contributed by atoms with Crippen LogP contribution in [-0.2, 0) is 6.61 Å². The molecule has 3 aromatic rings. The van der Waals surface area contributed by atoms with Crippen molar-refractivity contribution in [2.75, 3.05) is 23.3 Å². The first-order chi connectivity index (χ1) is 15.9. The maximum atomic E-state index is 13.0. The van der Waals surface area contributed by atoms with E-state index in [0.717, 1.165) is 37.1 Å². The summed E-state index contributed by atoms with van der Waals surface area (Å²) in [5, 5.41) is 23.8. The third-order valence-corrected chi connectivity index (χ3v) is 6.15. The smallest absolute Gasteiger partial charge is 0.293 e. The molecule has 0 aliphatic carbocycles. The van der Waals surface area contributed by atoms with E-state index in [1.54, 1.807) is 30.3 Å². The Morgan fingerprint density at radius 3 is 2.61 bits per heavy atom. The van der Waals surface area contributed by atoms with Crippen molar-refractivity contribution in [1.29, 1.82) is 0 Å². The molecule has 0 unspecified atom stereocenters. The van der Waals surface area contributed by atoms with E-state index in [2.05, 4.69) is 12.2 Å². The summed E-state index contributed by atoms with van der Waals surface area (Å²) < 4.78 is 5.58. The SMILES string of the molecule is Cc1ccc(-c2ccc(CO)o2)cc1NC(=O)c1ccc(N2CCC(C)CC2)c([N+](=O)[O-])c1. The summed E-state index contributed by atoms with van der Waals surface area (Å²) in [5.74, 6) is 1.21. The van der Waals surface area contributed by atoms with Crippen molar-refractivity contribution in [1.82, 2.24) is 0 Å². The minimum atomic E-state index is -0.425. The fraction of sp³-hybridized carbons (Fsp3) is 0.320. The Morgan fingerprint density at radius 2 is 1.94 bits per heavy atom. The van der Waals surface area contributed by atoms with Crippen molar-refractivity contribution in [3.63, 3.8) is 0 Å². The second kappa shape index (κ2) is 9.46. The Balaban J connectivity index is 1.57. The molecule has 0 bridgehead atoms. The average molecular weight is 450 g/mol. The standard InChI is InChI=1S/C25H27N3O5/c1-16-9-11-27(12-10-16)22-7-5-19(14-23(22)28(31)32)25(30)26-21-13-18(4-3-17(21)2)24-8-6-20(15-29)33-24/h3-8,13-14,16,29H,9-12,15H2,1-2H3,(H,26,30). The van der Waals surface area contributed by atoms with Crippen LogP contribution in [0.1, 0.15) is 41.4 Å². The minimum absolute atomic E-state index is 0.0604. The summed E-state index contributed by atoms with van der Waals surface area (Å²) >= 11 is 0. The monoisotopic (exact) mass is 449 g/mol. The molecule has 8 nitrogen and oxygen atoms in total. The van der Waals surface area contributed by atoms with Gasteiger partial charge in [-0.25, -0.2) is 0 Å². The van der Waals surface area contributed by atoms with Crippen LogP contribution < -0.4 is 10.2 Å². The lowest BCUT2D eigenvalue weighted by atomic mass is 9.98. The Hall–Kier alpha value is -3.65. The molecule has 8 heteroatoms. The number of nitro benzene ring substituents is 1. The van der Waals surface area contributed by atoms with Gasteiger partial charge in [0.2, 0.25) is 0 Å². The molecule has 1 aromatic heterocycles. The number of piperidine rings is 1. The maximum Gasteiger partial charge on any atom is 0.293 e. The molecular formula is C25H27N3O5. The lowest BCUT2D eigenvalue weighted by Gasteiger charge is -2.31. The molecule has 1 aliphatic heterocycles. The quantitative estimate of drug-likeness (QED) is 0.398. The summed E-state index contributed by atoms with van der Waals surface area (Å²) in [6, 6.07) is 13.6. The molecule has 0 spiro atoms. The number of carbonyl (C=O) groups excluding carboxylic acids is 1. The number of nitro groups is 1. The van der Waals surface area contributed by atoms with Gasteiger partial charge in [-0.15, -0.1) is 0 Å². The fourth-order valence-electron chi connectivity index (χ4n) is 4.05. The minimum Gasteiger partial charge on any atom is -0.459 e. The highest BCUT2D eigenvalue weighted by Crippen LogP contribution is 2.33. The highest BCUT2D eigenvalue weighted by Gasteiger charge is 2.25. The number of aliphatic hydroxyl groups excluding tert-OH is 1. The van der Waals surface area contributed by atoms with Crippen LogP contribution in [0.2, 0.25) is 0 Å². The van der Waals surface area contributed by atoms with E-state index in [9.17, 15) is 20.0 Å². The van der Waals surface area contributed by atoms with E-state index in [-0.39, 0.29) is 17.9 Å². The molecule has 2 heterocycles. The van der Waals surface area contributed by atoms with Gasteiger partial charge in [0.15, 0.2) is 0 Å². The fourth-order valence-corrected chi connectivity index (χ4v) is 4.05. The summed E-state index contributed by atoms with van der Waals surface area (Å²) in [6.07, 6.45) is 1.98. The molecule has 1 fully saturated rings. The van der Waals surface area contributed by atoms with Gasteiger partial charge in [-0.3, -0.25) is 14.9 Å². The summed E-state index contributed by atoms with van der Waals surface area (Å²) in [6.45, 7) is 5.40. The summed E-state index contributed by atoms with van der Waals surface area (Å²) in [4.78, 5) is 26.3. The lowest BCUT2D eigenvalue weighted by Crippen LogP contribution is -2.33. The van der Waals surface area contributed by atoms with Gasteiger partial charge in [-0.2, -0.15) is 0 Å². The van der Waals surface area contributed by atoms with Crippen molar-refractivity contribution in [3.05, 3.63) is 75.5 Å². The third-order valence-electron chi connectivity index (χ3n) is 6.15. The van der Waals surface area contributed by atoms with Crippen molar-refractivity contribution in [3.8, 4) is 11.3 Å². The van der Waals surface area contributed by atoms with Crippen LogP contribution in [0.5, 0.6) is 0 Å². The van der Waals surface area contributed by atoms with Crippen LogP contribution in [0.15, 0.2) is 52.9 Å². The van der Waals surface area contributed by atoms with E-state index in [1.807, 2.05) is 24.0 Å². The molecule has 2 N–H and O–H groups in total. The van der Waals surface area contributed by atoms with Crippen LogP contribution in [0, 0.1) is 23.0 Å². The van der Waals surface area contributed by atoms with Crippen molar-refractivity contribution < 1.29 is 19.2 Å². The summed E-state index contributed by atoms with van der Waals surface area (Å²) in [7, 11) is 0. The highest BCUT2D eigenvalue weighted by molar-refractivity contribution is 6.05. The van der Waals surface area contributed by atoms with Gasteiger partial charge >= 0.3 is 0 Å². The molecule has 0 saturated carbocycles. The molecule has 4 rings (SSSR count). The van der Waals surface area contributed by atoms with Crippen molar-refractivity contribution in [2.24, 2.45) is 5.92 Å². The molecule has 33 heavy (non-hydrogen) atoms. The molecule has 172 valence electrons. The van der Waals surface area contributed by atoms with Gasteiger partial charge in [-0.1, -0.05) is 19.1 Å². The second-order valence-electron chi connectivity index (χ2n) is 8.54. The van der Waals surface area contributed by atoms with Crippen LogP contribution in [0.25, 0.3) is 11.3 Å². The van der Waals surface area contributed by atoms with E-state index in [4.69, 9.17) is 4.42 Å². The molecule has 1 aliphatic rings. The van der Waals surface area contributed by atoms with Crippen molar-refractivity contribution >= 4 is 23.0 Å². The zero-order valence-electron chi connectivity index (χ0n) is 18.7. The molecule has 2 aromatic carbocycles. The van der Waals surface area contributed by atoms with E-state index >= 15 is 0 Å². The van der Waals surface area contributed by atoms with Crippen LogP contribution in [0.3, 0.4) is 0 Å².